The number of methoxy groups -OCH3 is 1. The van der Waals surface area contributed by atoms with Crippen LogP contribution >= 0.6 is 0 Å². The number of hydrogen-bond donors (Lipinski definition) is 1. The topological polar surface area (TPSA) is 75.6 Å². The molecular weight excluding hydrogens is 380 g/mol. The number of hydrogen-bond acceptors (Lipinski definition) is 8. The van der Waals surface area contributed by atoms with Gasteiger partial charge in [-0.1, -0.05) is 18.2 Å². The van der Waals surface area contributed by atoms with Crippen LogP contribution in [0, 0.1) is 6.92 Å². The lowest BCUT2D eigenvalue weighted by molar-refractivity contribution is 0.310. The van der Waals surface area contributed by atoms with Crippen LogP contribution in [-0.4, -0.2) is 54.3 Å². The van der Waals surface area contributed by atoms with Crippen molar-refractivity contribution in [2.45, 2.75) is 13.0 Å². The largest absolute Gasteiger partial charge is 0.486 e. The number of para-hydroxylation sites is 1. The van der Waals surface area contributed by atoms with Crippen molar-refractivity contribution in [2.24, 2.45) is 0 Å². The Bertz CT molecular complexity index is 1050. The van der Waals surface area contributed by atoms with E-state index in [-0.39, 0.29) is 6.04 Å². The number of nitrogens with one attached hydrogen (secondary N) is 1. The van der Waals surface area contributed by atoms with Crippen molar-refractivity contribution in [3.05, 3.63) is 54.4 Å². The lowest BCUT2D eigenvalue weighted by Gasteiger charge is -2.41. The minimum absolute atomic E-state index is 0.277. The number of aromatic nitrogens is 3. The van der Waals surface area contributed by atoms with Gasteiger partial charge in [0.2, 0.25) is 11.8 Å². The summed E-state index contributed by atoms with van der Waals surface area (Å²) in [5, 5.41) is 3.45. The van der Waals surface area contributed by atoms with Crippen molar-refractivity contribution >= 4 is 23.1 Å². The molecule has 0 saturated carbocycles. The van der Waals surface area contributed by atoms with Gasteiger partial charge in [0.1, 0.15) is 6.61 Å². The fraction of sp³-hybridized carbons (Fsp3) is 0.318. The van der Waals surface area contributed by atoms with Gasteiger partial charge in [-0.05, 0) is 24.6 Å². The lowest BCUT2D eigenvalue weighted by atomic mass is 10.1. The number of ether oxygens (including phenoxy) is 2. The van der Waals surface area contributed by atoms with Gasteiger partial charge < -0.3 is 24.6 Å². The number of anilines is 4. The molecule has 0 amide bonds. The molecule has 8 heteroatoms. The highest BCUT2D eigenvalue weighted by Gasteiger charge is 2.29. The van der Waals surface area contributed by atoms with Gasteiger partial charge in [-0.2, -0.15) is 4.98 Å². The first-order chi connectivity index (χ1) is 14.7. The highest BCUT2D eigenvalue weighted by Crippen LogP contribution is 2.36. The summed E-state index contributed by atoms with van der Waals surface area (Å²) in [7, 11) is 1.63. The molecule has 1 N–H and O–H groups in total. The van der Waals surface area contributed by atoms with E-state index in [4.69, 9.17) is 14.5 Å². The predicted octanol–water partition coefficient (Wildman–Crippen LogP) is 3.02. The van der Waals surface area contributed by atoms with Crippen LogP contribution in [-0.2, 0) is 0 Å². The first-order valence-corrected chi connectivity index (χ1v) is 10.1. The lowest BCUT2D eigenvalue weighted by Crippen LogP contribution is -2.55. The van der Waals surface area contributed by atoms with Crippen LogP contribution < -0.4 is 24.6 Å². The molecule has 0 unspecified atom stereocenters. The van der Waals surface area contributed by atoms with Gasteiger partial charge >= 0.3 is 0 Å². The third-order valence-corrected chi connectivity index (χ3v) is 5.48. The maximum atomic E-state index is 5.79. The van der Waals surface area contributed by atoms with E-state index in [1.54, 1.807) is 19.5 Å². The van der Waals surface area contributed by atoms with E-state index in [0.29, 0.717) is 24.2 Å². The smallest absolute Gasteiger partial charge is 0.225 e. The second kappa shape index (κ2) is 7.70. The third-order valence-electron chi connectivity index (χ3n) is 5.48. The predicted molar refractivity (Wildman–Crippen MR) is 116 cm³/mol. The molecule has 1 fully saturated rings. The minimum Gasteiger partial charge on any atom is -0.486 e. The summed E-state index contributed by atoms with van der Waals surface area (Å²) in [5.41, 5.74) is 3.46. The van der Waals surface area contributed by atoms with E-state index in [1.807, 2.05) is 18.2 Å². The average Bonchev–Trinajstić information content (AvgIpc) is 2.76. The van der Waals surface area contributed by atoms with E-state index >= 15 is 0 Å². The Balaban J connectivity index is 1.30. The van der Waals surface area contributed by atoms with E-state index in [1.165, 1.54) is 5.56 Å². The van der Waals surface area contributed by atoms with Crippen LogP contribution in [0.15, 0.2) is 48.8 Å². The molecule has 8 nitrogen and oxygen atoms in total. The molecular formula is C22H24N6O2. The molecule has 4 heterocycles. The number of rotatable bonds is 5. The van der Waals surface area contributed by atoms with Crippen molar-refractivity contribution < 1.29 is 9.47 Å². The van der Waals surface area contributed by atoms with Crippen molar-refractivity contribution in [3.63, 3.8) is 0 Å². The van der Waals surface area contributed by atoms with Gasteiger partial charge in [0.25, 0.3) is 0 Å². The summed E-state index contributed by atoms with van der Waals surface area (Å²) in [4.78, 5) is 17.9. The number of aryl methyl sites for hydroxylation is 1. The van der Waals surface area contributed by atoms with Gasteiger partial charge in [-0.25, -0.2) is 9.97 Å². The van der Waals surface area contributed by atoms with Gasteiger partial charge in [-0.3, -0.25) is 0 Å². The number of benzene rings is 1. The Morgan fingerprint density at radius 3 is 2.87 bits per heavy atom. The van der Waals surface area contributed by atoms with E-state index in [0.717, 1.165) is 36.8 Å². The zero-order valence-electron chi connectivity index (χ0n) is 17.1. The van der Waals surface area contributed by atoms with Gasteiger partial charge in [0.05, 0.1) is 25.9 Å². The molecule has 0 spiro atoms. The second-order valence-corrected chi connectivity index (χ2v) is 7.47. The summed E-state index contributed by atoms with van der Waals surface area (Å²) in [5.74, 6) is 2.77. The van der Waals surface area contributed by atoms with E-state index < -0.39 is 0 Å². The SMILES string of the molecule is COc1cc(N2CC(Nc3ncc4c(n3)N(c3ccccc3C)CCO4)C2)ccn1. The van der Waals surface area contributed by atoms with Crippen molar-refractivity contribution in [1.82, 2.24) is 15.0 Å². The highest BCUT2D eigenvalue weighted by atomic mass is 16.5. The molecule has 2 aliphatic rings. The number of pyridine rings is 1. The zero-order chi connectivity index (χ0) is 20.5. The molecule has 0 radical (unpaired) electrons. The summed E-state index contributed by atoms with van der Waals surface area (Å²) < 4.78 is 11.0. The quantitative estimate of drug-likeness (QED) is 0.696. The van der Waals surface area contributed by atoms with Crippen LogP contribution in [0.5, 0.6) is 11.6 Å². The fourth-order valence-corrected chi connectivity index (χ4v) is 3.85. The molecule has 30 heavy (non-hydrogen) atoms. The van der Waals surface area contributed by atoms with Crippen LogP contribution in [0.3, 0.4) is 0 Å². The molecule has 0 bridgehead atoms. The van der Waals surface area contributed by atoms with Crippen molar-refractivity contribution in [1.29, 1.82) is 0 Å². The summed E-state index contributed by atoms with van der Waals surface area (Å²) in [6.07, 6.45) is 3.53. The average molecular weight is 404 g/mol. The van der Waals surface area contributed by atoms with E-state index in [9.17, 15) is 0 Å². The molecule has 5 rings (SSSR count). The molecule has 1 saturated heterocycles. The monoisotopic (exact) mass is 404 g/mol. The Morgan fingerprint density at radius 2 is 2.03 bits per heavy atom. The normalized spacial score (nSPS) is 15.8. The molecule has 154 valence electrons. The second-order valence-electron chi connectivity index (χ2n) is 7.47. The Hall–Kier alpha value is -3.55. The summed E-state index contributed by atoms with van der Waals surface area (Å²) >= 11 is 0. The number of nitrogens with zero attached hydrogens (tertiary/aromatic N) is 5. The zero-order valence-corrected chi connectivity index (χ0v) is 17.1. The van der Waals surface area contributed by atoms with Crippen LogP contribution in [0.4, 0.5) is 23.1 Å². The minimum atomic E-state index is 0.277. The molecule has 1 aromatic carbocycles. The third kappa shape index (κ3) is 3.45. The Kier molecular flexibility index (Phi) is 4.74. The molecule has 0 aliphatic carbocycles. The molecule has 3 aromatic rings. The van der Waals surface area contributed by atoms with Gasteiger partial charge in [-0.15, -0.1) is 0 Å². The highest BCUT2D eigenvalue weighted by molar-refractivity contribution is 5.69. The van der Waals surface area contributed by atoms with Crippen LogP contribution in [0.25, 0.3) is 0 Å². The van der Waals surface area contributed by atoms with Crippen LogP contribution in [0.2, 0.25) is 0 Å². The van der Waals surface area contributed by atoms with Gasteiger partial charge in [0, 0.05) is 36.7 Å². The number of fused-ring (bicyclic) bond motifs is 1. The Morgan fingerprint density at radius 1 is 1.17 bits per heavy atom. The molecule has 2 aliphatic heterocycles. The summed E-state index contributed by atoms with van der Waals surface area (Å²) in [6.45, 7) is 5.22. The van der Waals surface area contributed by atoms with Crippen LogP contribution in [0.1, 0.15) is 5.56 Å². The van der Waals surface area contributed by atoms with Gasteiger partial charge in [0.15, 0.2) is 11.6 Å². The first-order valence-electron chi connectivity index (χ1n) is 10.1. The Labute approximate surface area is 175 Å². The van der Waals surface area contributed by atoms with Crippen molar-refractivity contribution in [2.75, 3.05) is 48.5 Å². The molecule has 0 atom stereocenters. The summed E-state index contributed by atoms with van der Waals surface area (Å²) in [6, 6.07) is 12.5. The van der Waals surface area contributed by atoms with Crippen molar-refractivity contribution in [3.8, 4) is 11.6 Å². The maximum Gasteiger partial charge on any atom is 0.225 e. The molecule has 2 aromatic heterocycles. The standard InChI is InChI=1S/C22H24N6O2/c1-15-5-3-4-6-18(15)28-9-10-30-19-12-24-22(26-21(19)28)25-16-13-27(14-16)17-7-8-23-20(11-17)29-2/h3-8,11-12,16H,9-10,13-14H2,1-2H3,(H,24,25,26). The van der Waals surface area contributed by atoms with E-state index in [2.05, 4.69) is 50.2 Å². The first kappa shape index (κ1) is 18.5. The maximum absolute atomic E-state index is 5.79. The fourth-order valence-electron chi connectivity index (χ4n) is 3.85.